The lowest BCUT2D eigenvalue weighted by Gasteiger charge is -2.49. The summed E-state index contributed by atoms with van der Waals surface area (Å²) in [5, 5.41) is 41.8. The van der Waals surface area contributed by atoms with Crippen LogP contribution in [0.5, 0.6) is 0 Å². The molecule has 47 heavy (non-hydrogen) atoms. The smallest absolute Gasteiger partial charge is 0.308 e. The average molecular weight is 671 g/mol. The molecule has 0 amide bonds. The summed E-state index contributed by atoms with van der Waals surface area (Å²) in [6.07, 6.45) is 2.99. The topological polar surface area (TPSA) is 153 Å². The highest BCUT2D eigenvalue weighted by molar-refractivity contribution is 5.70. The molecule has 0 aromatic carbocycles. The number of ether oxygens (including phenoxy) is 6. The van der Waals surface area contributed by atoms with Crippen molar-refractivity contribution in [2.45, 2.75) is 172 Å². The molecule has 17 atom stereocenters. The largest absolute Gasteiger partial charge is 0.481 e. The third-order valence-corrected chi connectivity index (χ3v) is 13.0. The molecule has 0 saturated carbocycles. The van der Waals surface area contributed by atoms with Gasteiger partial charge in [0.25, 0.3) is 0 Å². The molecular weight excluding hydrogens is 608 g/mol. The van der Waals surface area contributed by atoms with E-state index in [0.29, 0.717) is 19.3 Å². The summed E-state index contributed by atoms with van der Waals surface area (Å²) in [4.78, 5) is 11.8. The molecule has 5 saturated heterocycles. The van der Waals surface area contributed by atoms with Gasteiger partial charge >= 0.3 is 5.97 Å². The Labute approximate surface area is 281 Å². The Morgan fingerprint density at radius 1 is 1.02 bits per heavy atom. The van der Waals surface area contributed by atoms with Crippen LogP contribution in [0.15, 0.2) is 0 Å². The zero-order valence-electron chi connectivity index (χ0n) is 30.0. The summed E-state index contributed by atoms with van der Waals surface area (Å²) in [6.45, 7) is 15.6. The van der Waals surface area contributed by atoms with Gasteiger partial charge in [0.15, 0.2) is 11.6 Å². The molecule has 5 heterocycles. The van der Waals surface area contributed by atoms with Crippen molar-refractivity contribution < 1.29 is 53.6 Å². The van der Waals surface area contributed by atoms with Gasteiger partial charge in [-0.3, -0.25) is 4.79 Å². The van der Waals surface area contributed by atoms with Gasteiger partial charge in [0.1, 0.15) is 0 Å². The Hall–Kier alpha value is -0.890. The van der Waals surface area contributed by atoms with Crippen LogP contribution in [0.1, 0.15) is 107 Å². The molecule has 0 bridgehead atoms. The number of aliphatic hydroxyl groups excluding tert-OH is 2. The predicted molar refractivity (Wildman–Crippen MR) is 172 cm³/mol. The quantitative estimate of drug-likeness (QED) is 0.264. The molecule has 5 rings (SSSR count). The van der Waals surface area contributed by atoms with Crippen molar-refractivity contribution in [3.05, 3.63) is 0 Å². The second-order valence-corrected chi connectivity index (χ2v) is 16.3. The average Bonchev–Trinajstić information content (AvgIpc) is 3.73. The van der Waals surface area contributed by atoms with E-state index in [4.69, 9.17) is 28.4 Å². The normalized spacial score (nSPS) is 50.9. The number of aliphatic carboxylic acids is 1. The van der Waals surface area contributed by atoms with Gasteiger partial charge in [-0.2, -0.15) is 0 Å². The molecule has 0 aliphatic carbocycles. The maximum absolute atomic E-state index is 11.8. The fraction of sp³-hybridized carbons (Fsp3) is 0.972. The number of hydrogen-bond donors (Lipinski definition) is 4. The SMILES string of the molecule is CC[C@@]1(C2O[C@@H](C3O[C@@](O)(CO)[C@H](C)C[C@@H]3C)C[C@@H]2C)CCC([C@]2(C)CCC3(C[C@H](O)[C@@H](C)C([C@@H](C)[C@@H](OC)[C@H](C)C(=O)O)O3)O2)O1. The van der Waals surface area contributed by atoms with Crippen LogP contribution in [0, 0.1) is 35.5 Å². The molecule has 5 aliphatic heterocycles. The van der Waals surface area contributed by atoms with E-state index in [0.717, 1.165) is 32.1 Å². The van der Waals surface area contributed by atoms with Gasteiger partial charge in [-0.05, 0) is 64.2 Å². The summed E-state index contributed by atoms with van der Waals surface area (Å²) in [7, 11) is 1.52. The Bertz CT molecular complexity index is 1110. The van der Waals surface area contributed by atoms with Gasteiger partial charge in [0, 0.05) is 37.7 Å². The Morgan fingerprint density at radius 2 is 1.72 bits per heavy atom. The molecular formula is C36H62O11. The maximum Gasteiger partial charge on any atom is 0.308 e. The second kappa shape index (κ2) is 13.7. The number of aliphatic hydroxyl groups is 3. The first-order chi connectivity index (χ1) is 22.0. The summed E-state index contributed by atoms with van der Waals surface area (Å²) in [6, 6.07) is 0. The minimum atomic E-state index is -1.56. The summed E-state index contributed by atoms with van der Waals surface area (Å²) >= 11 is 0. The van der Waals surface area contributed by atoms with E-state index in [9.17, 15) is 25.2 Å². The van der Waals surface area contributed by atoms with Gasteiger partial charge < -0.3 is 48.8 Å². The third-order valence-electron chi connectivity index (χ3n) is 13.0. The zero-order valence-corrected chi connectivity index (χ0v) is 30.0. The van der Waals surface area contributed by atoms with Gasteiger partial charge in [-0.25, -0.2) is 0 Å². The molecule has 5 unspecified atom stereocenters. The summed E-state index contributed by atoms with van der Waals surface area (Å²) < 4.78 is 39.4. The Balaban J connectivity index is 1.29. The second-order valence-electron chi connectivity index (χ2n) is 16.3. The lowest BCUT2D eigenvalue weighted by molar-refractivity contribution is -0.336. The maximum atomic E-state index is 11.8. The molecule has 4 N–H and O–H groups in total. The van der Waals surface area contributed by atoms with E-state index in [1.54, 1.807) is 6.92 Å². The van der Waals surface area contributed by atoms with Crippen LogP contribution in [0.4, 0.5) is 0 Å². The van der Waals surface area contributed by atoms with Crippen molar-refractivity contribution in [1.29, 1.82) is 0 Å². The van der Waals surface area contributed by atoms with Crippen LogP contribution in [0.3, 0.4) is 0 Å². The fourth-order valence-corrected chi connectivity index (χ4v) is 9.91. The Morgan fingerprint density at radius 3 is 2.34 bits per heavy atom. The van der Waals surface area contributed by atoms with Crippen LogP contribution in [0.2, 0.25) is 0 Å². The number of carboxylic acids is 1. The van der Waals surface area contributed by atoms with Crippen molar-refractivity contribution in [3.8, 4) is 0 Å². The van der Waals surface area contributed by atoms with Crippen LogP contribution >= 0.6 is 0 Å². The standard InChI is InChI=1S/C36H62O11/c1-10-34(31-20(3)16-26(43-31)28-19(2)15-21(4)36(41,18-37)46-28)12-11-27(44-34)33(8)13-14-35(47-33)17-25(38)22(5)30(45-35)23(6)29(42-9)24(7)32(39)40/h19-31,37-38,41H,10-18H2,1-9H3,(H,39,40)/t19-,20-,21+,22+,23-,24-,25-,26+,27?,28?,29+,30?,31?,33-,34-,35?,36-/m0/s1. The molecule has 5 fully saturated rings. The number of hydrogen-bond acceptors (Lipinski definition) is 10. The highest BCUT2D eigenvalue weighted by atomic mass is 16.7. The summed E-state index contributed by atoms with van der Waals surface area (Å²) in [5.74, 6) is -4.52. The third kappa shape index (κ3) is 6.67. The van der Waals surface area contributed by atoms with Crippen LogP contribution < -0.4 is 0 Å². The van der Waals surface area contributed by atoms with Crippen LogP contribution in [0.25, 0.3) is 0 Å². The van der Waals surface area contributed by atoms with E-state index < -0.39 is 59.6 Å². The first-order valence-electron chi connectivity index (χ1n) is 18.1. The van der Waals surface area contributed by atoms with Gasteiger partial charge in [0.05, 0.1) is 66.5 Å². The number of methoxy groups -OCH3 is 1. The number of rotatable bonds is 10. The number of carboxylic acid groups (broad SMARTS) is 1. The van der Waals surface area contributed by atoms with Crippen LogP contribution in [-0.4, -0.2) is 106 Å². The van der Waals surface area contributed by atoms with Crippen molar-refractivity contribution in [1.82, 2.24) is 0 Å². The molecule has 11 heteroatoms. The number of carbonyl (C=O) groups is 1. The lowest BCUT2D eigenvalue weighted by atomic mass is 9.78. The molecule has 0 radical (unpaired) electrons. The van der Waals surface area contributed by atoms with E-state index >= 15 is 0 Å². The van der Waals surface area contributed by atoms with Gasteiger partial charge in [-0.1, -0.05) is 41.5 Å². The highest BCUT2D eigenvalue weighted by Gasteiger charge is 2.62. The van der Waals surface area contributed by atoms with Crippen LogP contribution in [-0.2, 0) is 33.2 Å². The van der Waals surface area contributed by atoms with Gasteiger partial charge in [0.2, 0.25) is 0 Å². The molecule has 5 aliphatic rings. The minimum absolute atomic E-state index is 0.153. The molecule has 0 aromatic heterocycles. The first-order valence-corrected chi connectivity index (χ1v) is 18.1. The minimum Gasteiger partial charge on any atom is -0.481 e. The molecule has 0 aromatic rings. The monoisotopic (exact) mass is 670 g/mol. The lowest BCUT2D eigenvalue weighted by Crippen LogP contribution is -2.57. The van der Waals surface area contributed by atoms with E-state index in [-0.39, 0.29) is 54.0 Å². The van der Waals surface area contributed by atoms with E-state index in [1.165, 1.54) is 7.11 Å². The van der Waals surface area contributed by atoms with E-state index in [1.807, 2.05) is 20.8 Å². The van der Waals surface area contributed by atoms with Crippen molar-refractivity contribution in [2.75, 3.05) is 13.7 Å². The van der Waals surface area contributed by atoms with Crippen molar-refractivity contribution in [2.24, 2.45) is 35.5 Å². The highest BCUT2D eigenvalue weighted by Crippen LogP contribution is 2.55. The van der Waals surface area contributed by atoms with Crippen molar-refractivity contribution in [3.63, 3.8) is 0 Å². The molecule has 272 valence electrons. The van der Waals surface area contributed by atoms with E-state index in [2.05, 4.69) is 27.7 Å². The molecule has 11 nitrogen and oxygen atoms in total. The van der Waals surface area contributed by atoms with Crippen molar-refractivity contribution >= 4 is 5.97 Å². The Kier molecular flexibility index (Phi) is 10.9. The first kappa shape index (κ1) is 37.4. The van der Waals surface area contributed by atoms with Gasteiger partial charge in [-0.15, -0.1) is 0 Å². The molecule has 1 spiro atoms. The zero-order chi connectivity index (χ0) is 34.7. The summed E-state index contributed by atoms with van der Waals surface area (Å²) in [5.41, 5.74) is -1.15. The predicted octanol–water partition coefficient (Wildman–Crippen LogP) is 4.27. The fourth-order valence-electron chi connectivity index (χ4n) is 9.91.